The standard InChI is InChI=1S/C23H21N5O3S2/c1-15-7-12-20-19(13-15)21(22(29)28(20)14-16-5-3-2-4-6-16)26-27-23(32)25-17-8-10-18(11-9-17)33(24,30)31/h2-13,29H,14H2,1H3,(H,25,32)(H2,24,30,31). The van der Waals surface area contributed by atoms with Crippen LogP contribution in [0.15, 0.2) is 87.9 Å². The quantitative estimate of drug-likeness (QED) is 0.279. The number of nitrogens with zero attached hydrogens (tertiary/aromatic N) is 3. The Morgan fingerprint density at radius 2 is 1.79 bits per heavy atom. The fourth-order valence-corrected chi connectivity index (χ4v) is 4.11. The van der Waals surface area contributed by atoms with E-state index in [0.29, 0.717) is 17.9 Å². The molecule has 0 aliphatic heterocycles. The molecule has 0 atom stereocenters. The normalized spacial score (nSPS) is 11.8. The Morgan fingerprint density at radius 3 is 2.45 bits per heavy atom. The number of nitrogens with two attached hydrogens (primary N) is 1. The summed E-state index contributed by atoms with van der Waals surface area (Å²) >= 11 is 5.24. The van der Waals surface area contributed by atoms with Gasteiger partial charge in [0.25, 0.3) is 0 Å². The molecule has 4 rings (SSSR count). The van der Waals surface area contributed by atoms with Crippen molar-refractivity contribution in [1.29, 1.82) is 0 Å². The maximum absolute atomic E-state index is 11.4. The number of aryl methyl sites for hydroxylation is 1. The molecule has 0 unspecified atom stereocenters. The molecule has 0 saturated heterocycles. The van der Waals surface area contributed by atoms with Crippen LogP contribution in [0.25, 0.3) is 10.9 Å². The number of aromatic nitrogens is 1. The zero-order valence-electron chi connectivity index (χ0n) is 17.6. The summed E-state index contributed by atoms with van der Waals surface area (Å²) in [6.45, 7) is 2.43. The largest absolute Gasteiger partial charge is 0.493 e. The second kappa shape index (κ2) is 9.10. The Labute approximate surface area is 196 Å². The minimum atomic E-state index is -3.78. The van der Waals surface area contributed by atoms with E-state index >= 15 is 0 Å². The van der Waals surface area contributed by atoms with Crippen molar-refractivity contribution in [1.82, 2.24) is 4.57 Å². The number of nitrogens with one attached hydrogen (secondary N) is 1. The van der Waals surface area contributed by atoms with Crippen molar-refractivity contribution in [3.8, 4) is 5.88 Å². The zero-order valence-corrected chi connectivity index (χ0v) is 19.3. The average molecular weight is 480 g/mol. The van der Waals surface area contributed by atoms with Gasteiger partial charge in [-0.1, -0.05) is 42.0 Å². The van der Waals surface area contributed by atoms with Crippen LogP contribution in [0, 0.1) is 6.92 Å². The molecule has 0 spiro atoms. The summed E-state index contributed by atoms with van der Waals surface area (Å²) in [5.74, 6) is -0.0106. The van der Waals surface area contributed by atoms with Gasteiger partial charge in [0.2, 0.25) is 21.0 Å². The van der Waals surface area contributed by atoms with Crippen molar-refractivity contribution >= 4 is 49.6 Å². The molecule has 4 aromatic rings. The molecular weight excluding hydrogens is 458 g/mol. The fraction of sp³-hybridized carbons (Fsp3) is 0.0870. The third-order valence-electron chi connectivity index (χ3n) is 5.02. The number of primary sulfonamides is 1. The molecule has 33 heavy (non-hydrogen) atoms. The first-order chi connectivity index (χ1) is 15.7. The summed E-state index contributed by atoms with van der Waals surface area (Å²) in [5, 5.41) is 28.0. The monoisotopic (exact) mass is 479 g/mol. The molecular formula is C23H21N5O3S2. The molecule has 168 valence electrons. The van der Waals surface area contributed by atoms with E-state index in [0.717, 1.165) is 22.0 Å². The lowest BCUT2D eigenvalue weighted by Crippen LogP contribution is -2.12. The molecule has 0 bridgehead atoms. The number of azo groups is 1. The van der Waals surface area contributed by atoms with Gasteiger partial charge in [-0.2, -0.15) is 0 Å². The molecule has 0 aliphatic rings. The molecule has 4 N–H and O–H groups in total. The second-order valence-electron chi connectivity index (χ2n) is 7.46. The van der Waals surface area contributed by atoms with Crippen LogP contribution in [0.5, 0.6) is 5.88 Å². The first-order valence-corrected chi connectivity index (χ1v) is 11.9. The summed E-state index contributed by atoms with van der Waals surface area (Å²) in [6, 6.07) is 21.4. The highest BCUT2D eigenvalue weighted by atomic mass is 32.2. The second-order valence-corrected chi connectivity index (χ2v) is 9.41. The van der Waals surface area contributed by atoms with E-state index in [1.807, 2.05) is 55.5 Å². The summed E-state index contributed by atoms with van der Waals surface area (Å²) in [6.07, 6.45) is 0. The average Bonchev–Trinajstić information content (AvgIpc) is 3.03. The predicted molar refractivity (Wildman–Crippen MR) is 132 cm³/mol. The van der Waals surface area contributed by atoms with Crippen molar-refractivity contribution in [2.45, 2.75) is 18.4 Å². The number of sulfonamides is 1. The van der Waals surface area contributed by atoms with Gasteiger partial charge in [0.15, 0.2) is 5.69 Å². The number of hydrogen-bond acceptors (Lipinski definition) is 5. The maximum atomic E-state index is 11.4. The van der Waals surface area contributed by atoms with E-state index in [4.69, 9.17) is 17.4 Å². The van der Waals surface area contributed by atoms with E-state index in [1.165, 1.54) is 24.3 Å². The third-order valence-corrected chi connectivity index (χ3v) is 6.14. The van der Waals surface area contributed by atoms with Crippen LogP contribution in [0.2, 0.25) is 0 Å². The van der Waals surface area contributed by atoms with Crippen molar-refractivity contribution in [3.63, 3.8) is 0 Å². The number of thiocarbonyl (C=S) groups is 1. The Kier molecular flexibility index (Phi) is 6.23. The number of anilines is 1. The van der Waals surface area contributed by atoms with Gasteiger partial charge >= 0.3 is 0 Å². The van der Waals surface area contributed by atoms with Crippen LogP contribution in [-0.4, -0.2) is 23.2 Å². The molecule has 1 heterocycles. The van der Waals surface area contributed by atoms with Crippen LogP contribution in [-0.2, 0) is 16.6 Å². The molecule has 0 aliphatic carbocycles. The van der Waals surface area contributed by atoms with Crippen LogP contribution >= 0.6 is 12.2 Å². The van der Waals surface area contributed by atoms with Crippen molar-refractivity contribution in [3.05, 3.63) is 83.9 Å². The lowest BCUT2D eigenvalue weighted by molar-refractivity contribution is 0.429. The molecule has 0 fully saturated rings. The van der Waals surface area contributed by atoms with Crippen molar-refractivity contribution < 1.29 is 13.5 Å². The molecule has 8 nitrogen and oxygen atoms in total. The van der Waals surface area contributed by atoms with Gasteiger partial charge in [-0.15, -0.1) is 10.2 Å². The van der Waals surface area contributed by atoms with Gasteiger partial charge in [0, 0.05) is 11.1 Å². The minimum Gasteiger partial charge on any atom is -0.493 e. The maximum Gasteiger partial charge on any atom is 0.238 e. The third kappa shape index (κ3) is 5.08. The van der Waals surface area contributed by atoms with Crippen molar-refractivity contribution in [2.24, 2.45) is 15.4 Å². The molecule has 3 aromatic carbocycles. The summed E-state index contributed by atoms with van der Waals surface area (Å²) in [4.78, 5) is -0.00730. The Morgan fingerprint density at radius 1 is 1.09 bits per heavy atom. The number of hydrogen-bond donors (Lipinski definition) is 3. The van der Waals surface area contributed by atoms with E-state index in [1.54, 1.807) is 4.57 Å². The highest BCUT2D eigenvalue weighted by Gasteiger charge is 2.17. The lowest BCUT2D eigenvalue weighted by atomic mass is 10.1. The highest BCUT2D eigenvalue weighted by Crippen LogP contribution is 2.39. The smallest absolute Gasteiger partial charge is 0.238 e. The number of benzene rings is 3. The highest BCUT2D eigenvalue weighted by molar-refractivity contribution is 7.89. The summed E-state index contributed by atoms with van der Waals surface area (Å²) in [5.41, 5.74) is 3.73. The molecule has 1 aromatic heterocycles. The van der Waals surface area contributed by atoms with E-state index in [2.05, 4.69) is 15.5 Å². The first kappa shape index (κ1) is 22.6. The zero-order chi connectivity index (χ0) is 23.6. The van der Waals surface area contributed by atoms with Crippen LogP contribution < -0.4 is 10.5 Å². The Bertz CT molecular complexity index is 1460. The van der Waals surface area contributed by atoms with Gasteiger partial charge in [-0.25, -0.2) is 13.6 Å². The molecule has 10 heteroatoms. The number of fused-ring (bicyclic) bond motifs is 1. The van der Waals surface area contributed by atoms with Crippen molar-refractivity contribution in [2.75, 3.05) is 5.32 Å². The van der Waals surface area contributed by atoms with Crippen LogP contribution in [0.3, 0.4) is 0 Å². The van der Waals surface area contributed by atoms with Gasteiger partial charge in [0.1, 0.15) is 0 Å². The van der Waals surface area contributed by atoms with Gasteiger partial charge in [-0.05, 0) is 61.1 Å². The lowest BCUT2D eigenvalue weighted by Gasteiger charge is -2.07. The topological polar surface area (TPSA) is 122 Å². The minimum absolute atomic E-state index is 0.00730. The summed E-state index contributed by atoms with van der Waals surface area (Å²) < 4.78 is 24.5. The first-order valence-electron chi connectivity index (χ1n) is 9.94. The van der Waals surface area contributed by atoms with E-state index < -0.39 is 10.0 Å². The Hall–Kier alpha value is -3.60. The fourth-order valence-electron chi connectivity index (χ4n) is 3.43. The van der Waals surface area contributed by atoms with Crippen LogP contribution in [0.1, 0.15) is 11.1 Å². The number of aromatic hydroxyl groups is 1. The van der Waals surface area contributed by atoms with E-state index in [-0.39, 0.29) is 15.9 Å². The van der Waals surface area contributed by atoms with Gasteiger partial charge < -0.3 is 15.0 Å². The molecule has 0 saturated carbocycles. The number of rotatable bonds is 5. The Balaban J connectivity index is 1.62. The van der Waals surface area contributed by atoms with Gasteiger partial charge in [0.05, 0.1) is 17.0 Å². The molecule has 0 radical (unpaired) electrons. The van der Waals surface area contributed by atoms with E-state index in [9.17, 15) is 13.5 Å². The molecule has 0 amide bonds. The predicted octanol–water partition coefficient (Wildman–Crippen LogP) is 4.83. The van der Waals surface area contributed by atoms with Crippen LogP contribution in [0.4, 0.5) is 11.4 Å². The van der Waals surface area contributed by atoms with Gasteiger partial charge in [-0.3, -0.25) is 0 Å². The summed E-state index contributed by atoms with van der Waals surface area (Å²) in [7, 11) is -3.78. The SMILES string of the molecule is Cc1ccc2c(c1)c(N=NC(=S)Nc1ccc(S(N)(=O)=O)cc1)c(O)n2Cc1ccccc1.